The van der Waals surface area contributed by atoms with Gasteiger partial charge in [-0.05, 0) is 55.0 Å². The van der Waals surface area contributed by atoms with Crippen molar-refractivity contribution in [2.24, 2.45) is 0 Å². The van der Waals surface area contributed by atoms with Crippen LogP contribution in [0.3, 0.4) is 0 Å². The van der Waals surface area contributed by atoms with Gasteiger partial charge in [0.1, 0.15) is 12.4 Å². The Morgan fingerprint density at radius 1 is 1.10 bits per heavy atom. The van der Waals surface area contributed by atoms with Crippen LogP contribution in [0.1, 0.15) is 29.3 Å². The molecule has 9 heteroatoms. The average Bonchev–Trinajstić information content (AvgIpc) is 2.71. The minimum absolute atomic E-state index is 0.0817. The fourth-order valence-corrected chi connectivity index (χ4v) is 3.02. The number of benzene rings is 2. The number of aryl methyl sites for hydroxylation is 1. The highest BCUT2D eigenvalue weighted by atomic mass is 79.9. The van der Waals surface area contributed by atoms with Crippen LogP contribution in [0.4, 0.5) is 11.4 Å². The zero-order chi connectivity index (χ0) is 22.1. The molecule has 0 saturated carbocycles. The third-order valence-corrected chi connectivity index (χ3v) is 4.75. The number of anilines is 2. The predicted octanol–water partition coefficient (Wildman–Crippen LogP) is 4.26. The highest BCUT2D eigenvalue weighted by molar-refractivity contribution is 9.10. The summed E-state index contributed by atoms with van der Waals surface area (Å²) in [5.41, 5.74) is 2.58. The van der Waals surface area contributed by atoms with Crippen LogP contribution < -0.4 is 20.7 Å². The van der Waals surface area contributed by atoms with Gasteiger partial charge >= 0.3 is 0 Å². The molecule has 0 bridgehead atoms. The van der Waals surface area contributed by atoms with E-state index in [4.69, 9.17) is 21.7 Å². The van der Waals surface area contributed by atoms with Crippen molar-refractivity contribution in [1.29, 1.82) is 0 Å². The van der Waals surface area contributed by atoms with Gasteiger partial charge in [-0.25, -0.2) is 0 Å². The first-order valence-electron chi connectivity index (χ1n) is 9.28. The van der Waals surface area contributed by atoms with Crippen LogP contribution in [0.15, 0.2) is 40.9 Å². The number of carbonyl (C=O) groups excluding carboxylic acids is 2. The molecule has 160 valence electrons. The average molecular weight is 494 g/mol. The van der Waals surface area contributed by atoms with Crippen molar-refractivity contribution in [3.05, 3.63) is 52.0 Å². The van der Waals surface area contributed by atoms with Crippen LogP contribution in [0.5, 0.6) is 5.75 Å². The van der Waals surface area contributed by atoms with Crippen molar-refractivity contribution in [3.8, 4) is 5.75 Å². The van der Waals surface area contributed by atoms with E-state index in [9.17, 15) is 9.59 Å². The zero-order valence-electron chi connectivity index (χ0n) is 17.0. The molecule has 2 aromatic rings. The molecule has 0 fully saturated rings. The second-order valence-electron chi connectivity index (χ2n) is 6.32. The van der Waals surface area contributed by atoms with Gasteiger partial charge in [-0.1, -0.05) is 28.9 Å². The maximum Gasteiger partial charge on any atom is 0.261 e. The Labute approximate surface area is 189 Å². The molecule has 0 aliphatic carbocycles. The monoisotopic (exact) mass is 493 g/mol. The summed E-state index contributed by atoms with van der Waals surface area (Å²) in [6, 6.07) is 10.6. The number of nitrogens with one attached hydrogen (secondary N) is 3. The normalized spacial score (nSPS) is 10.3. The Hall–Kier alpha value is -2.49. The molecule has 0 saturated heterocycles. The van der Waals surface area contributed by atoms with E-state index in [0.717, 1.165) is 10.0 Å². The molecule has 0 spiro atoms. The first-order valence-corrected chi connectivity index (χ1v) is 10.5. The van der Waals surface area contributed by atoms with Gasteiger partial charge < -0.3 is 20.1 Å². The summed E-state index contributed by atoms with van der Waals surface area (Å²) in [6.07, 6.45) is 0.382. The van der Waals surface area contributed by atoms with Gasteiger partial charge in [0.2, 0.25) is 5.91 Å². The quantitative estimate of drug-likeness (QED) is 0.376. The lowest BCUT2D eigenvalue weighted by Crippen LogP contribution is -2.34. The van der Waals surface area contributed by atoms with Gasteiger partial charge in [0.25, 0.3) is 5.91 Å². The van der Waals surface area contributed by atoms with Gasteiger partial charge in [0.15, 0.2) is 5.11 Å². The van der Waals surface area contributed by atoms with Crippen molar-refractivity contribution in [1.82, 2.24) is 5.32 Å². The van der Waals surface area contributed by atoms with Crippen molar-refractivity contribution < 1.29 is 19.1 Å². The molecule has 2 amide bonds. The summed E-state index contributed by atoms with van der Waals surface area (Å²) in [7, 11) is 1.58. The second kappa shape index (κ2) is 11.6. The lowest BCUT2D eigenvalue weighted by Gasteiger charge is -2.15. The van der Waals surface area contributed by atoms with Gasteiger partial charge in [-0.3, -0.25) is 14.9 Å². The Balaban J connectivity index is 2.08. The number of thiocarbonyl (C=S) groups is 1. The maximum atomic E-state index is 12.7. The first-order chi connectivity index (χ1) is 14.3. The molecule has 0 aliphatic rings. The number of ether oxygens (including phenoxy) is 2. The fraction of sp³-hybridized carbons (Fsp3) is 0.286. The summed E-state index contributed by atoms with van der Waals surface area (Å²) in [4.78, 5) is 24.4. The molecule has 0 atom stereocenters. The van der Waals surface area contributed by atoms with Crippen LogP contribution >= 0.6 is 28.1 Å². The third kappa shape index (κ3) is 7.08. The SMILES string of the molecule is CCC(=O)Nc1cc(NC(=S)NC(=O)c2cc(Br)ccc2OCCOC)ccc1C. The fourth-order valence-electron chi connectivity index (χ4n) is 2.45. The van der Waals surface area contributed by atoms with Crippen molar-refractivity contribution in [2.45, 2.75) is 20.3 Å². The largest absolute Gasteiger partial charge is 0.490 e. The molecule has 0 aromatic heterocycles. The van der Waals surface area contributed by atoms with E-state index in [1.54, 1.807) is 38.3 Å². The molecule has 3 N–H and O–H groups in total. The number of methoxy groups -OCH3 is 1. The lowest BCUT2D eigenvalue weighted by molar-refractivity contribution is -0.115. The number of amides is 2. The second-order valence-corrected chi connectivity index (χ2v) is 7.65. The molecule has 7 nitrogen and oxygen atoms in total. The molecule has 30 heavy (non-hydrogen) atoms. The Kier molecular flexibility index (Phi) is 9.22. The number of rotatable bonds is 8. The zero-order valence-corrected chi connectivity index (χ0v) is 19.4. The predicted molar refractivity (Wildman–Crippen MR) is 125 cm³/mol. The number of halogens is 1. The third-order valence-electron chi connectivity index (χ3n) is 4.05. The smallest absolute Gasteiger partial charge is 0.261 e. The molecular weight excluding hydrogens is 470 g/mol. The van der Waals surface area contributed by atoms with E-state index in [2.05, 4.69) is 31.9 Å². The van der Waals surface area contributed by atoms with Gasteiger partial charge in [-0.2, -0.15) is 0 Å². The lowest BCUT2D eigenvalue weighted by atomic mass is 10.1. The van der Waals surface area contributed by atoms with Crippen LogP contribution in [-0.4, -0.2) is 37.3 Å². The topological polar surface area (TPSA) is 88.7 Å². The molecule has 2 rings (SSSR count). The molecule has 0 aliphatic heterocycles. The van der Waals surface area contributed by atoms with Gasteiger partial charge in [0.05, 0.1) is 12.2 Å². The minimum Gasteiger partial charge on any atom is -0.490 e. The summed E-state index contributed by atoms with van der Waals surface area (Å²) in [5, 5.41) is 8.58. The van der Waals surface area contributed by atoms with Gasteiger partial charge in [-0.15, -0.1) is 0 Å². The Morgan fingerprint density at radius 2 is 1.87 bits per heavy atom. The first kappa shape index (κ1) is 23.8. The van der Waals surface area contributed by atoms with Crippen LogP contribution in [0.2, 0.25) is 0 Å². The van der Waals surface area contributed by atoms with Crippen LogP contribution in [0, 0.1) is 6.92 Å². The number of hydrogen-bond acceptors (Lipinski definition) is 5. The van der Waals surface area contributed by atoms with Gasteiger partial charge in [0, 0.05) is 29.4 Å². The number of hydrogen-bond donors (Lipinski definition) is 3. The standard InChI is InChI=1S/C21H24BrN3O4S/c1-4-19(26)24-17-12-15(7-5-13(17)2)23-21(30)25-20(27)16-11-14(22)6-8-18(16)29-10-9-28-3/h5-8,11-12H,4,9-10H2,1-3H3,(H,24,26)(H2,23,25,27,30). The highest BCUT2D eigenvalue weighted by Crippen LogP contribution is 2.24. The molecule has 0 heterocycles. The summed E-state index contributed by atoms with van der Waals surface area (Å²) >= 11 is 8.64. The maximum absolute atomic E-state index is 12.7. The van der Waals surface area contributed by atoms with Crippen molar-refractivity contribution in [3.63, 3.8) is 0 Å². The summed E-state index contributed by atoms with van der Waals surface area (Å²) in [6.45, 7) is 4.40. The molecule has 0 unspecified atom stereocenters. The van der Waals surface area contributed by atoms with Crippen molar-refractivity contribution >= 4 is 56.4 Å². The summed E-state index contributed by atoms with van der Waals surface area (Å²) < 4.78 is 11.3. The van der Waals surface area contributed by atoms with E-state index < -0.39 is 5.91 Å². The molecule has 2 aromatic carbocycles. The van der Waals surface area contributed by atoms with E-state index in [1.807, 2.05) is 19.1 Å². The van der Waals surface area contributed by atoms with Crippen LogP contribution in [0.25, 0.3) is 0 Å². The molecule has 0 radical (unpaired) electrons. The minimum atomic E-state index is -0.409. The Morgan fingerprint density at radius 3 is 2.57 bits per heavy atom. The van der Waals surface area contributed by atoms with E-state index in [1.165, 1.54) is 0 Å². The Bertz CT molecular complexity index is 936. The van der Waals surface area contributed by atoms with E-state index >= 15 is 0 Å². The van der Waals surface area contributed by atoms with E-state index in [-0.39, 0.29) is 11.0 Å². The summed E-state index contributed by atoms with van der Waals surface area (Å²) in [5.74, 6) is -0.0647. The molecular formula is C21H24BrN3O4S. The van der Waals surface area contributed by atoms with Crippen molar-refractivity contribution in [2.75, 3.05) is 31.0 Å². The highest BCUT2D eigenvalue weighted by Gasteiger charge is 2.15. The van der Waals surface area contributed by atoms with E-state index in [0.29, 0.717) is 42.3 Å². The number of carbonyl (C=O) groups is 2. The van der Waals surface area contributed by atoms with Crippen LogP contribution in [-0.2, 0) is 9.53 Å².